The van der Waals surface area contributed by atoms with E-state index in [1.54, 1.807) is 13.2 Å². The van der Waals surface area contributed by atoms with E-state index in [1.807, 2.05) is 26.0 Å². The summed E-state index contributed by atoms with van der Waals surface area (Å²) in [5.41, 5.74) is 2.65. The molecule has 1 heterocycles. The van der Waals surface area contributed by atoms with Gasteiger partial charge in [-0.3, -0.25) is 9.36 Å². The summed E-state index contributed by atoms with van der Waals surface area (Å²) in [6.07, 6.45) is 9.30. The van der Waals surface area contributed by atoms with Crippen LogP contribution in [0.4, 0.5) is 4.79 Å². The Kier molecular flexibility index (Phi) is 4.29. The molecule has 0 spiro atoms. The molecule has 3 aliphatic carbocycles. The van der Waals surface area contributed by atoms with Crippen LogP contribution in [0.15, 0.2) is 24.4 Å². The van der Waals surface area contributed by atoms with E-state index in [2.05, 4.69) is 10.6 Å². The van der Waals surface area contributed by atoms with Crippen LogP contribution >= 0.6 is 0 Å². The Bertz CT molecular complexity index is 852. The predicted molar refractivity (Wildman–Crippen MR) is 106 cm³/mol. The molecule has 0 atom stereocenters. The van der Waals surface area contributed by atoms with Gasteiger partial charge in [-0.05, 0) is 55.9 Å². The zero-order chi connectivity index (χ0) is 18.3. The maximum absolute atomic E-state index is 13.0. The fraction of sp³-hybridized carbons (Fsp3) is 0.500. The lowest BCUT2D eigenvalue weighted by Crippen LogP contribution is -2.43. The summed E-state index contributed by atoms with van der Waals surface area (Å²) in [6.45, 7) is 0.747. The number of hydrogen-bond acceptors (Lipinski definition) is 2. The minimum atomic E-state index is -0.233. The normalized spacial score (nSPS) is 24.6. The van der Waals surface area contributed by atoms with Crippen LogP contribution in [-0.4, -0.2) is 37.9 Å². The number of nitrogens with one attached hydrogen (secondary N) is 2. The van der Waals surface area contributed by atoms with Crippen molar-refractivity contribution in [3.05, 3.63) is 30.0 Å². The molecule has 136 valence electrons. The van der Waals surface area contributed by atoms with Crippen molar-refractivity contribution in [2.75, 3.05) is 13.6 Å². The number of benzene rings is 1. The fourth-order valence-corrected chi connectivity index (χ4v) is 4.89. The molecule has 2 amide bonds. The molecule has 3 saturated carbocycles. The van der Waals surface area contributed by atoms with E-state index in [9.17, 15) is 9.59 Å². The van der Waals surface area contributed by atoms with E-state index >= 15 is 0 Å². The maximum Gasteiger partial charge on any atom is 0.325 e. The van der Waals surface area contributed by atoms with Crippen LogP contribution in [0.25, 0.3) is 10.9 Å². The molecule has 1 aromatic carbocycles. The summed E-state index contributed by atoms with van der Waals surface area (Å²) < 4.78 is 1.53. The Morgan fingerprint density at radius 2 is 1.92 bits per heavy atom. The molecule has 1 aromatic heterocycles. The van der Waals surface area contributed by atoms with Gasteiger partial charge >= 0.3 is 6.03 Å². The highest BCUT2D eigenvalue weighted by Crippen LogP contribution is 2.49. The average Bonchev–Trinajstić information content (AvgIpc) is 3.08. The smallest absolute Gasteiger partial charge is 0.325 e. The molecule has 3 aliphatic rings. The number of rotatable bonds is 3. The van der Waals surface area contributed by atoms with Gasteiger partial charge in [0.1, 0.15) is 7.85 Å². The monoisotopic (exact) mass is 351 g/mol. The summed E-state index contributed by atoms with van der Waals surface area (Å²) in [5, 5.41) is 6.69. The lowest BCUT2D eigenvalue weighted by molar-refractivity contribution is 0.0598. The quantitative estimate of drug-likeness (QED) is 0.829. The number of hydrogen-bond donors (Lipinski definition) is 2. The molecule has 0 radical (unpaired) electrons. The summed E-state index contributed by atoms with van der Waals surface area (Å²) >= 11 is 0. The van der Waals surface area contributed by atoms with Crippen molar-refractivity contribution in [2.45, 2.75) is 38.5 Å². The molecule has 0 saturated heterocycles. The van der Waals surface area contributed by atoms with Gasteiger partial charge in [0.2, 0.25) is 0 Å². The standard InChI is InChI=1S/C20H26BN3O2/c1-22-19(26)24-11-14(17-15(21)3-2-4-16(17)24)18(25)23-12-20-8-5-13(6-9-20)7-10-20/h2-4,11,13H,5-10,12,21H2,1H3,(H,22,26)(H,23,25). The summed E-state index contributed by atoms with van der Waals surface area (Å²) in [5.74, 6) is 0.842. The van der Waals surface area contributed by atoms with Crippen LogP contribution in [0.5, 0.6) is 0 Å². The van der Waals surface area contributed by atoms with Crippen molar-refractivity contribution < 1.29 is 9.59 Å². The molecule has 3 fully saturated rings. The zero-order valence-electron chi connectivity index (χ0n) is 15.6. The number of fused-ring (bicyclic) bond motifs is 4. The van der Waals surface area contributed by atoms with E-state index in [-0.39, 0.29) is 11.9 Å². The first-order chi connectivity index (χ1) is 12.5. The number of carbonyl (C=O) groups excluding carboxylic acids is 2. The second-order valence-electron chi connectivity index (χ2n) is 8.10. The van der Waals surface area contributed by atoms with E-state index in [1.165, 1.54) is 43.1 Å². The van der Waals surface area contributed by atoms with Crippen molar-refractivity contribution in [1.82, 2.24) is 15.2 Å². The Morgan fingerprint density at radius 3 is 2.58 bits per heavy atom. The molecule has 26 heavy (non-hydrogen) atoms. The van der Waals surface area contributed by atoms with Crippen LogP contribution in [0.2, 0.25) is 0 Å². The highest BCUT2D eigenvalue weighted by molar-refractivity contribution is 6.40. The highest BCUT2D eigenvalue weighted by Gasteiger charge is 2.40. The summed E-state index contributed by atoms with van der Waals surface area (Å²) in [7, 11) is 3.58. The SMILES string of the molecule is Bc1cccc2c1c(C(=O)NCC13CCC(CC1)CC3)cn2C(=O)NC. The van der Waals surface area contributed by atoms with Crippen molar-refractivity contribution in [1.29, 1.82) is 0 Å². The number of amides is 2. The average molecular weight is 351 g/mol. The number of nitrogens with zero attached hydrogens (tertiary/aromatic N) is 1. The van der Waals surface area contributed by atoms with E-state index in [0.717, 1.165) is 28.8 Å². The minimum absolute atomic E-state index is 0.0750. The van der Waals surface area contributed by atoms with Crippen LogP contribution < -0.4 is 16.1 Å². The maximum atomic E-state index is 13.0. The molecule has 0 unspecified atom stereocenters. The van der Waals surface area contributed by atoms with Crippen molar-refractivity contribution in [3.63, 3.8) is 0 Å². The Labute approximate surface area is 154 Å². The summed E-state index contributed by atoms with van der Waals surface area (Å²) in [4.78, 5) is 25.2. The van der Waals surface area contributed by atoms with Gasteiger partial charge in [0, 0.05) is 25.2 Å². The third-order valence-electron chi connectivity index (χ3n) is 6.59. The highest BCUT2D eigenvalue weighted by atomic mass is 16.2. The molecule has 0 aliphatic heterocycles. The lowest BCUT2D eigenvalue weighted by atomic mass is 9.61. The van der Waals surface area contributed by atoms with Gasteiger partial charge in [-0.1, -0.05) is 17.6 Å². The van der Waals surface area contributed by atoms with Gasteiger partial charge in [0.05, 0.1) is 11.1 Å². The zero-order valence-corrected chi connectivity index (χ0v) is 15.6. The molecule has 5 nitrogen and oxygen atoms in total. The predicted octanol–water partition coefficient (Wildman–Crippen LogP) is 1.79. The minimum Gasteiger partial charge on any atom is -0.351 e. The molecule has 5 rings (SSSR count). The third kappa shape index (κ3) is 2.81. The second kappa shape index (κ2) is 6.49. The van der Waals surface area contributed by atoms with Gasteiger partial charge in [-0.2, -0.15) is 0 Å². The van der Waals surface area contributed by atoms with Crippen molar-refractivity contribution in [2.24, 2.45) is 11.3 Å². The van der Waals surface area contributed by atoms with Crippen molar-refractivity contribution in [3.8, 4) is 0 Å². The van der Waals surface area contributed by atoms with Crippen LogP contribution in [-0.2, 0) is 0 Å². The second-order valence-corrected chi connectivity index (χ2v) is 8.10. The molecule has 6 heteroatoms. The van der Waals surface area contributed by atoms with Gasteiger partial charge in [0.15, 0.2) is 0 Å². The first-order valence-corrected chi connectivity index (χ1v) is 9.64. The van der Waals surface area contributed by atoms with Crippen LogP contribution in [0.1, 0.15) is 48.9 Å². The molecule has 2 bridgehead atoms. The van der Waals surface area contributed by atoms with E-state index in [0.29, 0.717) is 11.0 Å². The third-order valence-corrected chi connectivity index (χ3v) is 6.59. The molecule has 2 N–H and O–H groups in total. The molecule has 2 aromatic rings. The Balaban J connectivity index is 1.61. The molecular weight excluding hydrogens is 325 g/mol. The lowest BCUT2D eigenvalue weighted by Gasteiger charge is -2.46. The number of aromatic nitrogens is 1. The Hall–Kier alpha value is -2.24. The van der Waals surface area contributed by atoms with E-state index < -0.39 is 0 Å². The number of carbonyl (C=O) groups is 2. The topological polar surface area (TPSA) is 63.1 Å². The first-order valence-electron chi connectivity index (χ1n) is 9.64. The Morgan fingerprint density at radius 1 is 1.23 bits per heavy atom. The fourth-order valence-electron chi connectivity index (χ4n) is 4.89. The van der Waals surface area contributed by atoms with Gasteiger partial charge < -0.3 is 10.6 Å². The van der Waals surface area contributed by atoms with Crippen LogP contribution in [0, 0.1) is 11.3 Å². The first kappa shape index (κ1) is 17.2. The largest absolute Gasteiger partial charge is 0.351 e. The summed E-state index contributed by atoms with van der Waals surface area (Å²) in [6, 6.07) is 5.55. The van der Waals surface area contributed by atoms with Gasteiger partial charge in [-0.25, -0.2) is 4.79 Å². The van der Waals surface area contributed by atoms with Gasteiger partial charge in [0.25, 0.3) is 5.91 Å². The molecular formula is C20H26BN3O2. The van der Waals surface area contributed by atoms with E-state index in [4.69, 9.17) is 0 Å². The van der Waals surface area contributed by atoms with Gasteiger partial charge in [-0.15, -0.1) is 0 Å². The van der Waals surface area contributed by atoms with Crippen LogP contribution in [0.3, 0.4) is 0 Å². The van der Waals surface area contributed by atoms with Crippen molar-refractivity contribution >= 4 is 36.2 Å².